The van der Waals surface area contributed by atoms with Gasteiger partial charge in [0.2, 0.25) is 0 Å². The van der Waals surface area contributed by atoms with E-state index in [0.29, 0.717) is 17.1 Å². The van der Waals surface area contributed by atoms with Crippen LogP contribution >= 0.6 is 0 Å². The van der Waals surface area contributed by atoms with Gasteiger partial charge in [-0.05, 0) is 39.7 Å². The molecule has 1 atom stereocenters. The van der Waals surface area contributed by atoms with Gasteiger partial charge in [0.15, 0.2) is 0 Å². The average Bonchev–Trinajstić information content (AvgIpc) is 3.04. The maximum atomic E-state index is 12.4. The number of furan rings is 1. The third-order valence-electron chi connectivity index (χ3n) is 3.22. The molecule has 0 saturated heterocycles. The van der Waals surface area contributed by atoms with E-state index >= 15 is 0 Å². The summed E-state index contributed by atoms with van der Waals surface area (Å²) in [5, 5.41) is 9.08. The number of hydrogen-bond acceptors (Lipinski definition) is 3. The molecule has 1 amide bonds. The van der Waals surface area contributed by atoms with Crippen molar-refractivity contribution in [2.45, 2.75) is 45.7 Å². The maximum Gasteiger partial charge on any atom is 0.326 e. The molecule has 98 valence electrons. The van der Waals surface area contributed by atoms with Crippen molar-refractivity contribution in [2.75, 3.05) is 0 Å². The Kier molecular flexibility index (Phi) is 3.15. The van der Waals surface area contributed by atoms with Crippen LogP contribution in [0.25, 0.3) is 0 Å². The van der Waals surface area contributed by atoms with Crippen LogP contribution < -0.4 is 0 Å². The van der Waals surface area contributed by atoms with Crippen molar-refractivity contribution in [1.82, 2.24) is 4.90 Å². The predicted molar refractivity (Wildman–Crippen MR) is 64.5 cm³/mol. The van der Waals surface area contributed by atoms with Crippen molar-refractivity contribution < 1.29 is 19.1 Å². The Bertz CT molecular complexity index is 487. The summed E-state index contributed by atoms with van der Waals surface area (Å²) in [6.45, 7) is 5.03. The number of carboxylic acid groups (broad SMARTS) is 1. The second kappa shape index (κ2) is 4.48. The Balaban J connectivity index is 2.29. The summed E-state index contributed by atoms with van der Waals surface area (Å²) < 4.78 is 5.33. The van der Waals surface area contributed by atoms with Gasteiger partial charge in [-0.15, -0.1) is 0 Å². The molecule has 1 fully saturated rings. The van der Waals surface area contributed by atoms with Crippen molar-refractivity contribution in [3.05, 3.63) is 23.2 Å². The molecule has 1 unspecified atom stereocenters. The van der Waals surface area contributed by atoms with Crippen LogP contribution in [0.15, 0.2) is 10.5 Å². The third-order valence-corrected chi connectivity index (χ3v) is 3.22. The van der Waals surface area contributed by atoms with E-state index in [0.717, 1.165) is 12.8 Å². The SMILES string of the molecule is Cc1cc(C(=O)N(C2CC2)C(C)C(=O)O)c(C)o1. The maximum absolute atomic E-state index is 12.4. The van der Waals surface area contributed by atoms with Crippen molar-refractivity contribution >= 4 is 11.9 Å². The van der Waals surface area contributed by atoms with Gasteiger partial charge in [-0.25, -0.2) is 4.79 Å². The first kappa shape index (κ1) is 12.7. The molecule has 0 bridgehead atoms. The highest BCUT2D eigenvalue weighted by Crippen LogP contribution is 2.31. The first-order chi connectivity index (χ1) is 8.41. The van der Waals surface area contributed by atoms with Crippen LogP contribution in [-0.4, -0.2) is 34.0 Å². The molecule has 0 aliphatic heterocycles. The highest BCUT2D eigenvalue weighted by molar-refractivity contribution is 5.97. The largest absolute Gasteiger partial charge is 0.480 e. The van der Waals surface area contributed by atoms with Gasteiger partial charge in [-0.3, -0.25) is 4.79 Å². The lowest BCUT2D eigenvalue weighted by Crippen LogP contribution is -2.44. The Labute approximate surface area is 105 Å². The molecule has 5 heteroatoms. The highest BCUT2D eigenvalue weighted by atomic mass is 16.4. The third kappa shape index (κ3) is 2.25. The van der Waals surface area contributed by atoms with E-state index < -0.39 is 12.0 Å². The number of nitrogens with zero attached hydrogens (tertiary/aromatic N) is 1. The molecule has 0 aromatic carbocycles. The van der Waals surface area contributed by atoms with Gasteiger partial charge in [0.25, 0.3) is 5.91 Å². The molecule has 1 saturated carbocycles. The van der Waals surface area contributed by atoms with Gasteiger partial charge in [0.05, 0.1) is 5.56 Å². The number of carbonyl (C=O) groups is 2. The number of amides is 1. The van der Waals surface area contributed by atoms with Gasteiger partial charge in [0.1, 0.15) is 17.6 Å². The van der Waals surface area contributed by atoms with Gasteiger partial charge < -0.3 is 14.4 Å². The predicted octanol–water partition coefficient (Wildman–Crippen LogP) is 1.97. The van der Waals surface area contributed by atoms with Crippen molar-refractivity contribution in [1.29, 1.82) is 0 Å². The standard InChI is InChI=1S/C13H17NO4/c1-7-6-11(9(3)18-7)12(15)14(10-4-5-10)8(2)13(16)17/h6,8,10H,4-5H2,1-3H3,(H,16,17). The molecule has 5 nitrogen and oxygen atoms in total. The summed E-state index contributed by atoms with van der Waals surface area (Å²) in [5.74, 6) is -0.0230. The Morgan fingerprint density at radius 1 is 1.44 bits per heavy atom. The fourth-order valence-corrected chi connectivity index (χ4v) is 2.11. The van der Waals surface area contributed by atoms with Gasteiger partial charge in [0, 0.05) is 6.04 Å². The van der Waals surface area contributed by atoms with E-state index in [9.17, 15) is 9.59 Å². The lowest BCUT2D eigenvalue weighted by Gasteiger charge is -2.26. The molecule has 0 spiro atoms. The zero-order valence-corrected chi connectivity index (χ0v) is 10.8. The second-order valence-electron chi connectivity index (χ2n) is 4.78. The molecule has 1 aromatic heterocycles. The van der Waals surface area contributed by atoms with Crippen molar-refractivity contribution in [2.24, 2.45) is 0 Å². The number of carbonyl (C=O) groups excluding carboxylic acids is 1. The number of carboxylic acids is 1. The van der Waals surface area contributed by atoms with E-state index in [4.69, 9.17) is 9.52 Å². The molecule has 1 heterocycles. The average molecular weight is 251 g/mol. The van der Waals surface area contributed by atoms with Crippen LogP contribution in [0.5, 0.6) is 0 Å². The summed E-state index contributed by atoms with van der Waals surface area (Å²) in [6, 6.07) is 0.916. The molecule has 1 N–H and O–H groups in total. The van der Waals surface area contributed by atoms with Crippen LogP contribution in [0.2, 0.25) is 0 Å². The number of hydrogen-bond donors (Lipinski definition) is 1. The molecule has 18 heavy (non-hydrogen) atoms. The fraction of sp³-hybridized carbons (Fsp3) is 0.538. The minimum atomic E-state index is -0.979. The minimum Gasteiger partial charge on any atom is -0.480 e. The lowest BCUT2D eigenvalue weighted by atomic mass is 10.1. The second-order valence-corrected chi connectivity index (χ2v) is 4.78. The number of rotatable bonds is 4. The quantitative estimate of drug-likeness (QED) is 0.888. The van der Waals surface area contributed by atoms with Gasteiger partial charge in [-0.1, -0.05) is 0 Å². The molecular formula is C13H17NO4. The van der Waals surface area contributed by atoms with E-state index in [1.54, 1.807) is 26.8 Å². The number of aryl methyl sites for hydroxylation is 2. The smallest absolute Gasteiger partial charge is 0.326 e. The van der Waals surface area contributed by atoms with Crippen molar-refractivity contribution in [3.63, 3.8) is 0 Å². The first-order valence-corrected chi connectivity index (χ1v) is 6.04. The van der Waals surface area contributed by atoms with Crippen LogP contribution in [0.3, 0.4) is 0 Å². The minimum absolute atomic E-state index is 0.0539. The number of aliphatic carboxylic acids is 1. The van der Waals surface area contributed by atoms with Gasteiger partial charge in [-0.2, -0.15) is 0 Å². The summed E-state index contributed by atoms with van der Waals surface area (Å²) in [4.78, 5) is 24.9. The van der Waals surface area contributed by atoms with E-state index in [1.165, 1.54) is 4.90 Å². The normalized spacial score (nSPS) is 16.4. The first-order valence-electron chi connectivity index (χ1n) is 6.04. The Hall–Kier alpha value is -1.78. The Morgan fingerprint density at radius 2 is 2.06 bits per heavy atom. The molecule has 1 aliphatic carbocycles. The van der Waals surface area contributed by atoms with Crippen LogP contribution in [0.1, 0.15) is 41.6 Å². The van der Waals surface area contributed by atoms with Crippen molar-refractivity contribution in [3.8, 4) is 0 Å². The summed E-state index contributed by atoms with van der Waals surface area (Å²) in [5.41, 5.74) is 0.465. The molecule has 1 aromatic rings. The van der Waals surface area contributed by atoms with E-state index in [1.807, 2.05) is 0 Å². The topological polar surface area (TPSA) is 70.8 Å². The summed E-state index contributed by atoms with van der Waals surface area (Å²) >= 11 is 0. The molecule has 2 rings (SSSR count). The Morgan fingerprint density at radius 3 is 2.44 bits per heavy atom. The molecular weight excluding hydrogens is 234 g/mol. The highest BCUT2D eigenvalue weighted by Gasteiger charge is 2.39. The zero-order chi connectivity index (χ0) is 13.4. The van der Waals surface area contributed by atoms with Crippen LogP contribution in [-0.2, 0) is 4.79 Å². The van der Waals surface area contributed by atoms with Gasteiger partial charge >= 0.3 is 5.97 Å². The molecule has 0 radical (unpaired) electrons. The lowest BCUT2D eigenvalue weighted by molar-refractivity contribution is -0.141. The summed E-state index contributed by atoms with van der Waals surface area (Å²) in [6.07, 6.45) is 1.75. The van der Waals surface area contributed by atoms with Crippen LogP contribution in [0, 0.1) is 13.8 Å². The van der Waals surface area contributed by atoms with E-state index in [-0.39, 0.29) is 11.9 Å². The summed E-state index contributed by atoms with van der Waals surface area (Å²) in [7, 11) is 0. The fourth-order valence-electron chi connectivity index (χ4n) is 2.11. The zero-order valence-electron chi connectivity index (χ0n) is 10.8. The van der Waals surface area contributed by atoms with Crippen LogP contribution in [0.4, 0.5) is 0 Å². The monoisotopic (exact) mass is 251 g/mol. The molecule has 1 aliphatic rings. The van der Waals surface area contributed by atoms with E-state index in [2.05, 4.69) is 0 Å².